The van der Waals surface area contributed by atoms with Gasteiger partial charge in [0.05, 0.1) is 4.90 Å². The molecule has 0 amide bonds. The normalized spacial score (nSPS) is 25.5. The summed E-state index contributed by atoms with van der Waals surface area (Å²) in [6, 6.07) is 7.03. The van der Waals surface area contributed by atoms with E-state index in [1.165, 1.54) is 0 Å². The van der Waals surface area contributed by atoms with Gasteiger partial charge in [0.25, 0.3) is 0 Å². The van der Waals surface area contributed by atoms with Crippen molar-refractivity contribution in [2.75, 3.05) is 13.1 Å². The maximum atomic E-state index is 12.5. The molecule has 0 saturated carbocycles. The van der Waals surface area contributed by atoms with Crippen LogP contribution in [0.3, 0.4) is 0 Å². The van der Waals surface area contributed by atoms with Crippen LogP contribution in [-0.2, 0) is 10.0 Å². The average molecular weight is 268 g/mol. The maximum absolute atomic E-state index is 12.5. The van der Waals surface area contributed by atoms with Crippen LogP contribution in [0.25, 0.3) is 0 Å². The van der Waals surface area contributed by atoms with Gasteiger partial charge in [-0.3, -0.25) is 0 Å². The van der Waals surface area contributed by atoms with Crippen LogP contribution in [-0.4, -0.2) is 31.9 Å². The molecule has 2 rings (SSSR count). The van der Waals surface area contributed by atoms with Gasteiger partial charge < -0.3 is 5.73 Å². The molecule has 1 aromatic carbocycles. The third-order valence-corrected chi connectivity index (χ3v) is 5.56. The first-order chi connectivity index (χ1) is 8.45. The molecule has 18 heavy (non-hydrogen) atoms. The Morgan fingerprint density at radius 2 is 1.94 bits per heavy atom. The van der Waals surface area contributed by atoms with Crippen LogP contribution in [0.15, 0.2) is 29.2 Å². The lowest BCUT2D eigenvalue weighted by molar-refractivity contribution is 0.404. The van der Waals surface area contributed by atoms with Gasteiger partial charge >= 0.3 is 0 Å². The SMILES string of the molecule is Cc1ccc(S(=O)(=O)N2CC(CN)CC2C)cc1. The van der Waals surface area contributed by atoms with E-state index in [1.807, 2.05) is 26.0 Å². The van der Waals surface area contributed by atoms with E-state index in [4.69, 9.17) is 5.73 Å². The summed E-state index contributed by atoms with van der Waals surface area (Å²) in [6.07, 6.45) is 0.849. The highest BCUT2D eigenvalue weighted by atomic mass is 32.2. The quantitative estimate of drug-likeness (QED) is 0.900. The average Bonchev–Trinajstić information content (AvgIpc) is 2.72. The Kier molecular flexibility index (Phi) is 3.75. The number of hydrogen-bond donors (Lipinski definition) is 1. The zero-order chi connectivity index (χ0) is 13.3. The third kappa shape index (κ3) is 2.43. The lowest BCUT2D eigenvalue weighted by atomic mass is 10.1. The summed E-state index contributed by atoms with van der Waals surface area (Å²) in [5, 5.41) is 0. The maximum Gasteiger partial charge on any atom is 0.243 e. The fourth-order valence-electron chi connectivity index (χ4n) is 2.46. The molecule has 0 aromatic heterocycles. The number of rotatable bonds is 3. The first-order valence-corrected chi connectivity index (χ1v) is 7.67. The molecule has 100 valence electrons. The van der Waals surface area contributed by atoms with Crippen LogP contribution in [0.5, 0.6) is 0 Å². The van der Waals surface area contributed by atoms with Crippen molar-refractivity contribution in [1.29, 1.82) is 0 Å². The van der Waals surface area contributed by atoms with Crippen LogP contribution in [0.2, 0.25) is 0 Å². The Hall–Kier alpha value is -0.910. The molecule has 0 radical (unpaired) electrons. The minimum atomic E-state index is -3.37. The number of hydrogen-bond acceptors (Lipinski definition) is 3. The number of nitrogens with two attached hydrogens (primary N) is 1. The van der Waals surface area contributed by atoms with Crippen molar-refractivity contribution >= 4 is 10.0 Å². The third-order valence-electron chi connectivity index (χ3n) is 3.57. The highest BCUT2D eigenvalue weighted by Crippen LogP contribution is 2.28. The van der Waals surface area contributed by atoms with Gasteiger partial charge in [0.2, 0.25) is 10.0 Å². The Morgan fingerprint density at radius 1 is 1.33 bits per heavy atom. The second-order valence-corrected chi connectivity index (χ2v) is 6.96. The lowest BCUT2D eigenvalue weighted by Crippen LogP contribution is -2.34. The van der Waals surface area contributed by atoms with E-state index in [0.717, 1.165) is 12.0 Å². The molecule has 0 aliphatic carbocycles. The smallest absolute Gasteiger partial charge is 0.243 e. The summed E-state index contributed by atoms with van der Waals surface area (Å²) in [6.45, 7) is 4.97. The van der Waals surface area contributed by atoms with Crippen molar-refractivity contribution in [3.05, 3.63) is 29.8 Å². The van der Waals surface area contributed by atoms with Gasteiger partial charge in [-0.15, -0.1) is 0 Å². The van der Waals surface area contributed by atoms with Gasteiger partial charge in [0.15, 0.2) is 0 Å². The van der Waals surface area contributed by atoms with Crippen LogP contribution in [0.1, 0.15) is 18.9 Å². The van der Waals surface area contributed by atoms with Crippen LogP contribution in [0, 0.1) is 12.8 Å². The number of sulfonamides is 1. The van der Waals surface area contributed by atoms with E-state index in [-0.39, 0.29) is 12.0 Å². The van der Waals surface area contributed by atoms with E-state index in [0.29, 0.717) is 18.0 Å². The topological polar surface area (TPSA) is 63.4 Å². The Labute approximate surface area is 109 Å². The van der Waals surface area contributed by atoms with Gasteiger partial charge in [-0.05, 0) is 44.9 Å². The number of benzene rings is 1. The minimum Gasteiger partial charge on any atom is -0.330 e. The van der Waals surface area contributed by atoms with Crippen molar-refractivity contribution in [3.63, 3.8) is 0 Å². The summed E-state index contributed by atoms with van der Waals surface area (Å²) in [7, 11) is -3.37. The van der Waals surface area contributed by atoms with E-state index in [9.17, 15) is 8.42 Å². The highest BCUT2D eigenvalue weighted by Gasteiger charge is 2.37. The Morgan fingerprint density at radius 3 is 2.44 bits per heavy atom. The lowest BCUT2D eigenvalue weighted by Gasteiger charge is -2.21. The van der Waals surface area contributed by atoms with Crippen molar-refractivity contribution in [1.82, 2.24) is 4.31 Å². The molecule has 1 fully saturated rings. The van der Waals surface area contributed by atoms with Crippen molar-refractivity contribution < 1.29 is 8.42 Å². The Bertz CT molecular complexity index is 510. The largest absolute Gasteiger partial charge is 0.330 e. The number of aryl methyl sites for hydroxylation is 1. The molecule has 2 atom stereocenters. The van der Waals surface area contributed by atoms with Crippen molar-refractivity contribution in [3.8, 4) is 0 Å². The standard InChI is InChI=1S/C13H20N2O2S/c1-10-3-5-13(6-4-10)18(16,17)15-9-12(8-14)7-11(15)2/h3-6,11-12H,7-9,14H2,1-2H3. The highest BCUT2D eigenvalue weighted by molar-refractivity contribution is 7.89. The first kappa shape index (κ1) is 13.5. The van der Waals surface area contributed by atoms with Crippen molar-refractivity contribution in [2.45, 2.75) is 31.2 Å². The molecule has 2 N–H and O–H groups in total. The van der Waals surface area contributed by atoms with Gasteiger partial charge in [0, 0.05) is 12.6 Å². The van der Waals surface area contributed by atoms with E-state index in [1.54, 1.807) is 16.4 Å². The molecule has 1 aliphatic rings. The summed E-state index contributed by atoms with van der Waals surface area (Å²) in [5.41, 5.74) is 6.70. The predicted octanol–water partition coefficient (Wildman–Crippen LogP) is 1.35. The zero-order valence-corrected chi connectivity index (χ0v) is 11.7. The molecular weight excluding hydrogens is 248 g/mol. The van der Waals surface area contributed by atoms with Crippen LogP contribution in [0.4, 0.5) is 0 Å². The van der Waals surface area contributed by atoms with Crippen LogP contribution >= 0.6 is 0 Å². The summed E-state index contributed by atoms with van der Waals surface area (Å²) in [5.74, 6) is 0.278. The second kappa shape index (κ2) is 4.99. The van der Waals surface area contributed by atoms with Gasteiger partial charge in [0.1, 0.15) is 0 Å². The van der Waals surface area contributed by atoms with Crippen LogP contribution < -0.4 is 5.73 Å². The molecule has 0 bridgehead atoms. The Balaban J connectivity index is 2.29. The first-order valence-electron chi connectivity index (χ1n) is 6.23. The van der Waals surface area contributed by atoms with Gasteiger partial charge in [-0.1, -0.05) is 17.7 Å². The molecule has 5 heteroatoms. The van der Waals surface area contributed by atoms with Gasteiger partial charge in [-0.25, -0.2) is 8.42 Å². The molecule has 1 aromatic rings. The molecule has 0 spiro atoms. The minimum absolute atomic E-state index is 0.0323. The molecular formula is C13H20N2O2S. The fraction of sp³-hybridized carbons (Fsp3) is 0.538. The van der Waals surface area contributed by atoms with E-state index in [2.05, 4.69) is 0 Å². The monoisotopic (exact) mass is 268 g/mol. The molecule has 4 nitrogen and oxygen atoms in total. The van der Waals surface area contributed by atoms with E-state index >= 15 is 0 Å². The summed E-state index contributed by atoms with van der Waals surface area (Å²) in [4.78, 5) is 0.373. The molecule has 1 saturated heterocycles. The van der Waals surface area contributed by atoms with E-state index < -0.39 is 10.0 Å². The number of nitrogens with zero attached hydrogens (tertiary/aromatic N) is 1. The predicted molar refractivity (Wildman–Crippen MR) is 71.7 cm³/mol. The van der Waals surface area contributed by atoms with Gasteiger partial charge in [-0.2, -0.15) is 4.31 Å². The zero-order valence-electron chi connectivity index (χ0n) is 10.8. The fourth-order valence-corrected chi connectivity index (χ4v) is 4.18. The second-order valence-electron chi connectivity index (χ2n) is 5.07. The summed E-state index contributed by atoms with van der Waals surface area (Å²) >= 11 is 0. The summed E-state index contributed by atoms with van der Waals surface area (Å²) < 4.78 is 26.6. The molecule has 1 heterocycles. The molecule has 1 aliphatic heterocycles. The molecule has 2 unspecified atom stereocenters. The van der Waals surface area contributed by atoms with Crippen molar-refractivity contribution in [2.24, 2.45) is 11.7 Å².